The van der Waals surface area contributed by atoms with Gasteiger partial charge in [-0.25, -0.2) is 0 Å². The monoisotopic (exact) mass is 251 g/mol. The van der Waals surface area contributed by atoms with E-state index in [0.717, 1.165) is 31.7 Å². The van der Waals surface area contributed by atoms with E-state index in [-0.39, 0.29) is 0 Å². The van der Waals surface area contributed by atoms with Crippen LogP contribution in [0.15, 0.2) is 12.4 Å². The van der Waals surface area contributed by atoms with Gasteiger partial charge in [-0.05, 0) is 37.5 Å². The fourth-order valence-corrected chi connectivity index (χ4v) is 2.46. The first-order valence-corrected chi connectivity index (χ1v) is 7.04. The highest BCUT2D eigenvalue weighted by Gasteiger charge is 2.19. The van der Waals surface area contributed by atoms with E-state index in [2.05, 4.69) is 18.9 Å². The van der Waals surface area contributed by atoms with Gasteiger partial charge in [0.25, 0.3) is 0 Å². The quantitative estimate of drug-likeness (QED) is 0.874. The Kier molecular flexibility index (Phi) is 4.64. The standard InChI is InChI=1S/C14H25N3O/c1-11(2)8-17-9-14(7-16-17)18-10-12-3-5-13(15)6-4-12/h7,9,11-13H,3-6,8,10,15H2,1-2H3. The Labute approximate surface area is 110 Å². The molecule has 1 heterocycles. The number of rotatable bonds is 5. The topological polar surface area (TPSA) is 53.1 Å². The largest absolute Gasteiger partial charge is 0.490 e. The molecule has 2 rings (SSSR count). The molecule has 0 spiro atoms. The van der Waals surface area contributed by atoms with Crippen molar-refractivity contribution < 1.29 is 4.74 Å². The van der Waals surface area contributed by atoms with Crippen LogP contribution in [0.1, 0.15) is 39.5 Å². The SMILES string of the molecule is CC(C)Cn1cc(OCC2CCC(N)CC2)cn1. The van der Waals surface area contributed by atoms with Gasteiger partial charge in [-0.15, -0.1) is 0 Å². The van der Waals surface area contributed by atoms with Crippen LogP contribution in [0, 0.1) is 11.8 Å². The summed E-state index contributed by atoms with van der Waals surface area (Å²) < 4.78 is 7.77. The van der Waals surface area contributed by atoms with Crippen LogP contribution >= 0.6 is 0 Å². The first-order valence-electron chi connectivity index (χ1n) is 7.04. The summed E-state index contributed by atoms with van der Waals surface area (Å²) in [5.74, 6) is 2.17. The summed E-state index contributed by atoms with van der Waals surface area (Å²) in [6.45, 7) is 6.13. The van der Waals surface area contributed by atoms with E-state index in [0.29, 0.717) is 17.9 Å². The second-order valence-electron chi connectivity index (χ2n) is 5.88. The first kappa shape index (κ1) is 13.4. The van der Waals surface area contributed by atoms with E-state index in [1.54, 1.807) is 0 Å². The summed E-state index contributed by atoms with van der Waals surface area (Å²) in [4.78, 5) is 0. The predicted molar refractivity (Wildman–Crippen MR) is 72.5 cm³/mol. The second-order valence-corrected chi connectivity index (χ2v) is 5.88. The summed E-state index contributed by atoms with van der Waals surface area (Å²) in [6, 6.07) is 0.412. The molecule has 1 aromatic rings. The lowest BCUT2D eigenvalue weighted by Crippen LogP contribution is -2.28. The highest BCUT2D eigenvalue weighted by Crippen LogP contribution is 2.24. The van der Waals surface area contributed by atoms with E-state index in [9.17, 15) is 0 Å². The zero-order valence-electron chi connectivity index (χ0n) is 11.5. The van der Waals surface area contributed by atoms with E-state index in [1.807, 2.05) is 17.1 Å². The molecule has 4 nitrogen and oxygen atoms in total. The maximum Gasteiger partial charge on any atom is 0.157 e. The van der Waals surface area contributed by atoms with E-state index in [1.165, 1.54) is 12.8 Å². The molecule has 0 radical (unpaired) electrons. The van der Waals surface area contributed by atoms with Gasteiger partial charge in [0.05, 0.1) is 19.0 Å². The minimum absolute atomic E-state index is 0.412. The summed E-state index contributed by atoms with van der Waals surface area (Å²) >= 11 is 0. The third-order valence-corrected chi connectivity index (χ3v) is 3.54. The second kappa shape index (κ2) is 6.23. The van der Waals surface area contributed by atoms with Gasteiger partial charge < -0.3 is 10.5 Å². The molecule has 0 amide bonds. The molecule has 4 heteroatoms. The molecule has 0 saturated heterocycles. The smallest absolute Gasteiger partial charge is 0.157 e. The fraction of sp³-hybridized carbons (Fsp3) is 0.786. The number of nitrogens with zero attached hydrogens (tertiary/aromatic N) is 2. The zero-order chi connectivity index (χ0) is 13.0. The molecular formula is C14H25N3O. The lowest BCUT2D eigenvalue weighted by Gasteiger charge is -2.25. The van der Waals surface area contributed by atoms with Gasteiger partial charge in [0.15, 0.2) is 5.75 Å². The van der Waals surface area contributed by atoms with Crippen molar-refractivity contribution in [1.82, 2.24) is 9.78 Å². The average Bonchev–Trinajstić information content (AvgIpc) is 2.75. The molecule has 1 aromatic heterocycles. The highest BCUT2D eigenvalue weighted by atomic mass is 16.5. The number of hydrogen-bond acceptors (Lipinski definition) is 3. The predicted octanol–water partition coefficient (Wildman–Crippen LogP) is 2.44. The van der Waals surface area contributed by atoms with Crippen LogP contribution in [0.3, 0.4) is 0 Å². The molecule has 102 valence electrons. The van der Waals surface area contributed by atoms with Gasteiger partial charge in [-0.2, -0.15) is 5.10 Å². The molecule has 0 aromatic carbocycles. The van der Waals surface area contributed by atoms with Crippen molar-refractivity contribution in [3.63, 3.8) is 0 Å². The van der Waals surface area contributed by atoms with Crippen molar-refractivity contribution in [2.45, 2.75) is 52.1 Å². The number of ether oxygens (including phenoxy) is 1. The van der Waals surface area contributed by atoms with Crippen molar-refractivity contribution in [2.75, 3.05) is 6.61 Å². The van der Waals surface area contributed by atoms with E-state index >= 15 is 0 Å². The van der Waals surface area contributed by atoms with Gasteiger partial charge in [0.1, 0.15) is 0 Å². The molecule has 1 aliphatic carbocycles. The average molecular weight is 251 g/mol. The molecule has 0 aliphatic heterocycles. The third-order valence-electron chi connectivity index (χ3n) is 3.54. The summed E-state index contributed by atoms with van der Waals surface area (Å²) in [7, 11) is 0. The number of aromatic nitrogens is 2. The number of nitrogens with two attached hydrogens (primary N) is 1. The molecule has 18 heavy (non-hydrogen) atoms. The zero-order valence-corrected chi connectivity index (χ0v) is 11.5. The van der Waals surface area contributed by atoms with Crippen LogP contribution in [0.25, 0.3) is 0 Å². The molecular weight excluding hydrogens is 226 g/mol. The van der Waals surface area contributed by atoms with Gasteiger partial charge in [0, 0.05) is 12.6 Å². The van der Waals surface area contributed by atoms with Crippen molar-refractivity contribution in [3.8, 4) is 5.75 Å². The molecule has 0 unspecified atom stereocenters. The molecule has 1 saturated carbocycles. The van der Waals surface area contributed by atoms with Crippen molar-refractivity contribution in [1.29, 1.82) is 0 Å². The normalized spacial score (nSPS) is 24.4. The third kappa shape index (κ3) is 4.02. The van der Waals surface area contributed by atoms with Crippen LogP contribution in [0.2, 0.25) is 0 Å². The van der Waals surface area contributed by atoms with Crippen molar-refractivity contribution in [3.05, 3.63) is 12.4 Å². The Morgan fingerprint density at radius 2 is 2.11 bits per heavy atom. The van der Waals surface area contributed by atoms with Crippen LogP contribution in [-0.2, 0) is 6.54 Å². The molecule has 1 fully saturated rings. The summed E-state index contributed by atoms with van der Waals surface area (Å²) in [6.07, 6.45) is 8.48. The minimum atomic E-state index is 0.412. The molecule has 0 atom stereocenters. The minimum Gasteiger partial charge on any atom is -0.490 e. The van der Waals surface area contributed by atoms with Gasteiger partial charge in [0.2, 0.25) is 0 Å². The van der Waals surface area contributed by atoms with Crippen LogP contribution < -0.4 is 10.5 Å². The molecule has 2 N–H and O–H groups in total. The van der Waals surface area contributed by atoms with Gasteiger partial charge >= 0.3 is 0 Å². The van der Waals surface area contributed by atoms with Crippen molar-refractivity contribution in [2.24, 2.45) is 17.6 Å². The molecule has 0 bridgehead atoms. The molecule has 1 aliphatic rings. The van der Waals surface area contributed by atoms with Crippen LogP contribution in [-0.4, -0.2) is 22.4 Å². The van der Waals surface area contributed by atoms with Gasteiger partial charge in [-0.3, -0.25) is 4.68 Å². The first-order chi connectivity index (χ1) is 8.63. The fourth-order valence-electron chi connectivity index (χ4n) is 2.46. The summed E-state index contributed by atoms with van der Waals surface area (Å²) in [5, 5.41) is 4.30. The Hall–Kier alpha value is -1.03. The Morgan fingerprint density at radius 1 is 1.39 bits per heavy atom. The van der Waals surface area contributed by atoms with Crippen LogP contribution in [0.4, 0.5) is 0 Å². The maximum absolute atomic E-state index is 5.90. The van der Waals surface area contributed by atoms with Gasteiger partial charge in [-0.1, -0.05) is 13.8 Å². The lowest BCUT2D eigenvalue weighted by molar-refractivity contribution is 0.200. The highest BCUT2D eigenvalue weighted by molar-refractivity contribution is 5.11. The van der Waals surface area contributed by atoms with Crippen molar-refractivity contribution >= 4 is 0 Å². The number of hydrogen-bond donors (Lipinski definition) is 1. The van der Waals surface area contributed by atoms with Crippen LogP contribution in [0.5, 0.6) is 5.75 Å². The summed E-state index contributed by atoms with van der Waals surface area (Å²) in [5.41, 5.74) is 5.90. The Bertz CT molecular complexity index is 354. The van der Waals surface area contributed by atoms with E-state index in [4.69, 9.17) is 10.5 Å². The Balaban J connectivity index is 1.74. The Morgan fingerprint density at radius 3 is 2.78 bits per heavy atom. The maximum atomic E-state index is 5.90. The lowest BCUT2D eigenvalue weighted by atomic mass is 9.87. The van der Waals surface area contributed by atoms with E-state index < -0.39 is 0 Å².